The average molecular weight is 867 g/mol. The standard InChI is InChI=1S/2C18H10O11.C2H6O2/c2*19-13(20)7-1-3-9(11(5-7)15(23)24)17(27)29-18(28)10-4-2-8(14(21)22)6-12(10)16(25)26;3-1-2-4/h2*1-6H,(H,19,20)(H,21,22)(H,23,24)(H,25,26);3-4H,1-2H2. The van der Waals surface area contributed by atoms with Crippen LogP contribution in [0.15, 0.2) is 72.8 Å². The zero-order chi connectivity index (χ0) is 47.2. The van der Waals surface area contributed by atoms with Crippen molar-refractivity contribution in [2.24, 2.45) is 0 Å². The minimum atomic E-state index is -1.66. The summed E-state index contributed by atoms with van der Waals surface area (Å²) < 4.78 is 9.01. The van der Waals surface area contributed by atoms with Gasteiger partial charge in [0.2, 0.25) is 0 Å². The Morgan fingerprint density at radius 3 is 0.597 bits per heavy atom. The van der Waals surface area contributed by atoms with Gasteiger partial charge in [-0.2, -0.15) is 0 Å². The van der Waals surface area contributed by atoms with Gasteiger partial charge in [-0.1, -0.05) is 0 Å². The van der Waals surface area contributed by atoms with E-state index < -0.39 is 138 Å². The summed E-state index contributed by atoms with van der Waals surface area (Å²) in [5.41, 5.74) is -7.28. The van der Waals surface area contributed by atoms with Crippen LogP contribution in [0.2, 0.25) is 0 Å². The summed E-state index contributed by atoms with van der Waals surface area (Å²) >= 11 is 0. The number of hydrogen-bond acceptors (Lipinski definition) is 16. The molecule has 4 aromatic rings. The second-order valence-electron chi connectivity index (χ2n) is 11.3. The van der Waals surface area contributed by atoms with Crippen molar-refractivity contribution in [2.45, 2.75) is 0 Å². The first kappa shape index (κ1) is 49.0. The van der Waals surface area contributed by atoms with Gasteiger partial charge in [-0.25, -0.2) is 57.5 Å². The van der Waals surface area contributed by atoms with Crippen LogP contribution in [-0.2, 0) is 9.47 Å². The van der Waals surface area contributed by atoms with Crippen LogP contribution in [0.3, 0.4) is 0 Å². The number of aliphatic hydroxyl groups excluding tert-OH is 2. The van der Waals surface area contributed by atoms with E-state index in [1.54, 1.807) is 0 Å². The molecule has 0 fully saturated rings. The van der Waals surface area contributed by atoms with E-state index in [0.717, 1.165) is 48.5 Å². The Bertz CT molecular complexity index is 2200. The second kappa shape index (κ2) is 21.6. The fraction of sp³-hybridized carbons (Fsp3) is 0.0526. The maximum Gasteiger partial charge on any atom is 0.346 e. The van der Waals surface area contributed by atoms with Gasteiger partial charge in [-0.15, -0.1) is 0 Å². The number of ether oxygens (including phenoxy) is 2. The van der Waals surface area contributed by atoms with Crippen molar-refractivity contribution >= 4 is 71.6 Å². The predicted octanol–water partition coefficient (Wildman–Crippen LogP) is 1.92. The average Bonchev–Trinajstić information content (AvgIpc) is 3.22. The molecule has 4 aromatic carbocycles. The van der Waals surface area contributed by atoms with Crippen LogP contribution in [0.4, 0.5) is 0 Å². The highest BCUT2D eigenvalue weighted by Gasteiger charge is 2.28. The molecule has 0 unspecified atom stereocenters. The Morgan fingerprint density at radius 2 is 0.468 bits per heavy atom. The lowest BCUT2D eigenvalue weighted by molar-refractivity contribution is 0.0374. The van der Waals surface area contributed by atoms with Gasteiger partial charge in [0.25, 0.3) is 0 Å². The molecule has 322 valence electrons. The van der Waals surface area contributed by atoms with Crippen LogP contribution in [0.5, 0.6) is 0 Å². The van der Waals surface area contributed by atoms with Crippen LogP contribution in [0, 0.1) is 0 Å². The number of carboxylic acids is 8. The summed E-state index contributed by atoms with van der Waals surface area (Å²) in [7, 11) is 0. The zero-order valence-corrected chi connectivity index (χ0v) is 30.5. The number of carboxylic acid groups (broad SMARTS) is 8. The maximum atomic E-state index is 12.2. The number of carbonyl (C=O) groups excluding carboxylic acids is 4. The van der Waals surface area contributed by atoms with E-state index >= 15 is 0 Å². The zero-order valence-electron chi connectivity index (χ0n) is 30.5. The highest BCUT2D eigenvalue weighted by Crippen LogP contribution is 2.20. The molecular formula is C38H26O24. The third-order valence-corrected chi connectivity index (χ3v) is 7.34. The molecule has 0 spiro atoms. The van der Waals surface area contributed by atoms with Gasteiger partial charge in [-0.3, -0.25) is 0 Å². The molecule has 0 saturated carbocycles. The van der Waals surface area contributed by atoms with Crippen LogP contribution < -0.4 is 0 Å². The summed E-state index contributed by atoms with van der Waals surface area (Å²) in [6.07, 6.45) is 0. The van der Waals surface area contributed by atoms with Crippen LogP contribution in [0.25, 0.3) is 0 Å². The lowest BCUT2D eigenvalue weighted by atomic mass is 10.0. The van der Waals surface area contributed by atoms with Crippen molar-refractivity contribution in [1.82, 2.24) is 0 Å². The molecule has 0 saturated heterocycles. The molecule has 0 aromatic heterocycles. The monoisotopic (exact) mass is 866 g/mol. The molecule has 0 amide bonds. The molecule has 4 rings (SSSR count). The number of hydrogen-bond donors (Lipinski definition) is 10. The fourth-order valence-electron chi connectivity index (χ4n) is 4.52. The third-order valence-electron chi connectivity index (χ3n) is 7.34. The van der Waals surface area contributed by atoms with Crippen molar-refractivity contribution in [2.75, 3.05) is 13.2 Å². The van der Waals surface area contributed by atoms with Crippen molar-refractivity contribution in [1.29, 1.82) is 0 Å². The van der Waals surface area contributed by atoms with Gasteiger partial charge in [0.1, 0.15) is 0 Å². The molecule has 0 heterocycles. The number of carbonyl (C=O) groups is 12. The lowest BCUT2D eigenvalue weighted by Crippen LogP contribution is -2.19. The fourth-order valence-corrected chi connectivity index (χ4v) is 4.52. The Morgan fingerprint density at radius 1 is 0.290 bits per heavy atom. The number of benzene rings is 4. The normalized spacial score (nSPS) is 9.90. The maximum absolute atomic E-state index is 12.2. The quantitative estimate of drug-likeness (QED) is 0.0677. The van der Waals surface area contributed by atoms with Crippen LogP contribution >= 0.6 is 0 Å². The second-order valence-corrected chi connectivity index (χ2v) is 11.3. The molecule has 0 radical (unpaired) electrons. The Balaban J connectivity index is 0.000000393. The van der Waals surface area contributed by atoms with Gasteiger partial charge in [0.15, 0.2) is 0 Å². The van der Waals surface area contributed by atoms with E-state index in [4.69, 9.17) is 51.1 Å². The summed E-state index contributed by atoms with van der Waals surface area (Å²) in [6, 6.07) is 9.74. The molecule has 0 atom stereocenters. The highest BCUT2D eigenvalue weighted by molar-refractivity contribution is 6.13. The molecule has 10 N–H and O–H groups in total. The number of esters is 4. The molecule has 24 nitrogen and oxygen atoms in total. The van der Waals surface area contributed by atoms with E-state index in [9.17, 15) is 57.5 Å². The largest absolute Gasteiger partial charge is 0.478 e. The molecule has 0 bridgehead atoms. The van der Waals surface area contributed by atoms with Crippen LogP contribution in [0.1, 0.15) is 124 Å². The molecule has 0 aliphatic rings. The summed E-state index contributed by atoms with van der Waals surface area (Å²) in [5, 5.41) is 87.5. The topological polar surface area (TPSA) is 426 Å². The Labute approximate surface area is 342 Å². The van der Waals surface area contributed by atoms with E-state index in [1.807, 2.05) is 0 Å². The predicted molar refractivity (Wildman–Crippen MR) is 195 cm³/mol. The number of rotatable bonds is 13. The van der Waals surface area contributed by atoms with Gasteiger partial charge in [0, 0.05) is 0 Å². The van der Waals surface area contributed by atoms with Gasteiger partial charge >= 0.3 is 71.6 Å². The van der Waals surface area contributed by atoms with Gasteiger partial charge in [-0.05, 0) is 72.8 Å². The van der Waals surface area contributed by atoms with E-state index in [2.05, 4.69) is 9.47 Å². The first-order valence-corrected chi connectivity index (χ1v) is 16.1. The molecular weight excluding hydrogens is 840 g/mol. The molecule has 62 heavy (non-hydrogen) atoms. The number of aliphatic hydroxyl groups is 2. The van der Waals surface area contributed by atoms with Crippen molar-refractivity contribution < 1.29 is 118 Å². The molecule has 0 aliphatic heterocycles. The number of aromatic carboxylic acids is 8. The third kappa shape index (κ3) is 12.7. The lowest BCUT2D eigenvalue weighted by Gasteiger charge is -2.09. The summed E-state index contributed by atoms with van der Waals surface area (Å²) in [6.45, 7) is -0.250. The highest BCUT2D eigenvalue weighted by atomic mass is 16.6. The summed E-state index contributed by atoms with van der Waals surface area (Å²) in [4.78, 5) is 138. The molecule has 24 heteroatoms. The Hall–Kier alpha value is -9.16. The summed E-state index contributed by atoms with van der Waals surface area (Å²) in [5.74, 6) is -18.3. The minimum Gasteiger partial charge on any atom is -0.478 e. The van der Waals surface area contributed by atoms with E-state index in [1.165, 1.54) is 0 Å². The van der Waals surface area contributed by atoms with Gasteiger partial charge in [0.05, 0.1) is 80.0 Å². The van der Waals surface area contributed by atoms with Crippen molar-refractivity contribution in [3.63, 3.8) is 0 Å². The minimum absolute atomic E-state index is 0.125. The Kier molecular flexibility index (Phi) is 17.0. The molecule has 0 aliphatic carbocycles. The van der Waals surface area contributed by atoms with E-state index in [-0.39, 0.29) is 13.2 Å². The van der Waals surface area contributed by atoms with Crippen LogP contribution in [-0.4, -0.2) is 136 Å². The SMILES string of the molecule is O=C(O)c1ccc(C(=O)OC(=O)c2ccc(C(=O)O)cc2C(=O)O)c(C(=O)O)c1.O=C(O)c1ccc(C(=O)OC(=O)c2ccc(C(=O)O)cc2C(=O)O)c(C(=O)O)c1.OCCO. The van der Waals surface area contributed by atoms with Crippen molar-refractivity contribution in [3.8, 4) is 0 Å². The van der Waals surface area contributed by atoms with E-state index in [0.29, 0.717) is 24.3 Å². The van der Waals surface area contributed by atoms with Gasteiger partial charge < -0.3 is 60.5 Å². The first-order valence-electron chi connectivity index (χ1n) is 16.1. The van der Waals surface area contributed by atoms with Crippen molar-refractivity contribution in [3.05, 3.63) is 140 Å². The first-order chi connectivity index (χ1) is 29.0. The smallest absolute Gasteiger partial charge is 0.346 e.